The zero-order valence-electron chi connectivity index (χ0n) is 12.3. The summed E-state index contributed by atoms with van der Waals surface area (Å²) in [7, 11) is 0. The summed E-state index contributed by atoms with van der Waals surface area (Å²) < 4.78 is 7.04. The molecular weight excluding hydrogens is 284 g/mol. The second-order valence-corrected chi connectivity index (χ2v) is 6.53. The molecule has 3 rings (SSSR count). The molecule has 1 aliphatic carbocycles. The van der Waals surface area contributed by atoms with Crippen LogP contribution in [0.3, 0.4) is 0 Å². The third-order valence-electron chi connectivity index (χ3n) is 4.00. The van der Waals surface area contributed by atoms with Gasteiger partial charge in [0.15, 0.2) is 0 Å². The van der Waals surface area contributed by atoms with Gasteiger partial charge in [0.2, 0.25) is 0 Å². The van der Waals surface area contributed by atoms with Gasteiger partial charge in [-0.3, -0.25) is 0 Å². The number of nitrogens with zero attached hydrogens (tertiary/aromatic N) is 2. The van der Waals surface area contributed by atoms with Crippen molar-refractivity contribution >= 4 is 27.4 Å². The number of nitrogens with two attached hydrogens (primary N) is 1. The van der Waals surface area contributed by atoms with Crippen LogP contribution in [0.1, 0.15) is 31.2 Å². The highest BCUT2D eigenvalue weighted by atomic mass is 32.1. The Bertz CT molecular complexity index is 592. The normalized spacial score (nSPS) is 22.6. The molecule has 0 bridgehead atoms. The fourth-order valence-corrected chi connectivity index (χ4v) is 3.71. The Labute approximate surface area is 128 Å². The van der Waals surface area contributed by atoms with Crippen molar-refractivity contribution in [3.63, 3.8) is 0 Å². The van der Waals surface area contributed by atoms with Gasteiger partial charge in [-0.1, -0.05) is 0 Å². The van der Waals surface area contributed by atoms with Gasteiger partial charge in [0.25, 0.3) is 0 Å². The third-order valence-corrected chi connectivity index (χ3v) is 5.09. The van der Waals surface area contributed by atoms with Gasteiger partial charge in [0.1, 0.15) is 12.1 Å². The molecule has 114 valence electrons. The molecule has 2 aromatic heterocycles. The van der Waals surface area contributed by atoms with Gasteiger partial charge in [-0.25, -0.2) is 9.97 Å². The van der Waals surface area contributed by atoms with Crippen LogP contribution in [0, 0.1) is 6.92 Å². The highest BCUT2D eigenvalue weighted by molar-refractivity contribution is 7.18. The van der Waals surface area contributed by atoms with E-state index in [1.54, 1.807) is 17.7 Å². The number of fused-ring (bicyclic) bond motifs is 1. The van der Waals surface area contributed by atoms with E-state index >= 15 is 0 Å². The Hall–Kier alpha value is -1.24. The minimum absolute atomic E-state index is 0.374. The maximum absolute atomic E-state index is 5.91. The quantitative estimate of drug-likeness (QED) is 0.831. The van der Waals surface area contributed by atoms with E-state index in [0.29, 0.717) is 18.8 Å². The lowest BCUT2D eigenvalue weighted by atomic mass is 9.94. The van der Waals surface area contributed by atoms with Crippen LogP contribution in [0.2, 0.25) is 0 Å². The topological polar surface area (TPSA) is 73.1 Å². The van der Waals surface area contributed by atoms with E-state index < -0.39 is 0 Å². The largest absolute Gasteiger partial charge is 0.376 e. The molecular formula is C15H22N4OS. The monoisotopic (exact) mass is 306 g/mol. The lowest BCUT2D eigenvalue weighted by Crippen LogP contribution is -2.31. The molecule has 0 atom stereocenters. The first-order valence-electron chi connectivity index (χ1n) is 7.54. The molecule has 6 heteroatoms. The molecule has 0 aromatic carbocycles. The predicted molar refractivity (Wildman–Crippen MR) is 86.8 cm³/mol. The minimum atomic E-state index is 0.374. The van der Waals surface area contributed by atoms with E-state index in [-0.39, 0.29) is 0 Å². The van der Waals surface area contributed by atoms with Crippen molar-refractivity contribution in [1.29, 1.82) is 0 Å². The molecule has 2 heterocycles. The summed E-state index contributed by atoms with van der Waals surface area (Å²) in [5.41, 5.74) is 8.15. The van der Waals surface area contributed by atoms with Gasteiger partial charge < -0.3 is 15.8 Å². The van der Waals surface area contributed by atoms with Gasteiger partial charge in [0.05, 0.1) is 22.9 Å². The van der Waals surface area contributed by atoms with Crippen LogP contribution >= 0.6 is 11.3 Å². The highest BCUT2D eigenvalue weighted by Gasteiger charge is 2.18. The standard InChI is InChI=1S/C15H22N4OS/c1-10-8-21-14-13(10)18-9-19-15(14)17-6-7-20-12-4-2-11(16)3-5-12/h8-9,11-12H,2-7,16H2,1H3,(H,17,18,19). The van der Waals surface area contributed by atoms with Gasteiger partial charge in [0, 0.05) is 12.6 Å². The lowest BCUT2D eigenvalue weighted by Gasteiger charge is -2.26. The van der Waals surface area contributed by atoms with Crippen LogP contribution in [0.4, 0.5) is 5.82 Å². The van der Waals surface area contributed by atoms with Crippen LogP contribution in [0.15, 0.2) is 11.7 Å². The molecule has 0 saturated heterocycles. The smallest absolute Gasteiger partial charge is 0.147 e. The molecule has 5 nitrogen and oxygen atoms in total. The summed E-state index contributed by atoms with van der Waals surface area (Å²) in [4.78, 5) is 8.66. The van der Waals surface area contributed by atoms with Crippen molar-refractivity contribution in [3.8, 4) is 0 Å². The van der Waals surface area contributed by atoms with E-state index in [9.17, 15) is 0 Å². The molecule has 2 aromatic rings. The van der Waals surface area contributed by atoms with E-state index in [4.69, 9.17) is 10.5 Å². The fourth-order valence-electron chi connectivity index (χ4n) is 2.75. The van der Waals surface area contributed by atoms with Crippen molar-refractivity contribution < 1.29 is 4.74 Å². The maximum atomic E-state index is 5.91. The van der Waals surface area contributed by atoms with Crippen LogP contribution < -0.4 is 11.1 Å². The minimum Gasteiger partial charge on any atom is -0.376 e. The summed E-state index contributed by atoms with van der Waals surface area (Å²) in [6.45, 7) is 3.55. The van der Waals surface area contributed by atoms with E-state index in [1.165, 1.54) is 5.56 Å². The Balaban J connectivity index is 1.48. The van der Waals surface area contributed by atoms with Gasteiger partial charge in [-0.05, 0) is 43.6 Å². The first-order valence-corrected chi connectivity index (χ1v) is 8.42. The van der Waals surface area contributed by atoms with E-state index in [2.05, 4.69) is 27.6 Å². The molecule has 0 unspecified atom stereocenters. The SMILES string of the molecule is Cc1csc2c(NCCOC3CCC(N)CC3)ncnc12. The number of rotatable bonds is 5. The van der Waals surface area contributed by atoms with Gasteiger partial charge in [-0.2, -0.15) is 0 Å². The van der Waals surface area contributed by atoms with E-state index in [0.717, 1.165) is 48.3 Å². The number of anilines is 1. The molecule has 3 N–H and O–H groups in total. The summed E-state index contributed by atoms with van der Waals surface area (Å²) in [5.74, 6) is 0.910. The number of ether oxygens (including phenoxy) is 1. The zero-order chi connectivity index (χ0) is 14.7. The van der Waals surface area contributed by atoms with Crippen molar-refractivity contribution in [2.75, 3.05) is 18.5 Å². The second kappa shape index (κ2) is 6.68. The highest BCUT2D eigenvalue weighted by Crippen LogP contribution is 2.28. The molecule has 1 fully saturated rings. The summed E-state index contributed by atoms with van der Waals surface area (Å²) >= 11 is 1.68. The molecule has 1 saturated carbocycles. The van der Waals surface area contributed by atoms with Crippen LogP contribution in [-0.2, 0) is 4.74 Å². The molecule has 0 aliphatic heterocycles. The number of nitrogens with one attached hydrogen (secondary N) is 1. The Kier molecular flexibility index (Phi) is 4.67. The number of aryl methyl sites for hydroxylation is 1. The first kappa shape index (κ1) is 14.7. The summed E-state index contributed by atoms with van der Waals surface area (Å²) in [6, 6.07) is 0.374. The molecule has 0 radical (unpaired) electrons. The molecule has 21 heavy (non-hydrogen) atoms. The number of hydrogen-bond donors (Lipinski definition) is 2. The van der Waals surface area contributed by atoms with Gasteiger partial charge >= 0.3 is 0 Å². The first-order chi connectivity index (χ1) is 10.2. The van der Waals surface area contributed by atoms with Crippen LogP contribution in [0.5, 0.6) is 0 Å². The van der Waals surface area contributed by atoms with Crippen molar-refractivity contribution in [1.82, 2.24) is 9.97 Å². The van der Waals surface area contributed by atoms with Crippen molar-refractivity contribution in [2.24, 2.45) is 5.73 Å². The lowest BCUT2D eigenvalue weighted by molar-refractivity contribution is 0.0313. The molecule has 0 amide bonds. The molecule has 1 aliphatic rings. The Morgan fingerprint density at radius 2 is 2.14 bits per heavy atom. The average molecular weight is 306 g/mol. The Morgan fingerprint density at radius 1 is 1.33 bits per heavy atom. The third kappa shape index (κ3) is 3.51. The Morgan fingerprint density at radius 3 is 2.95 bits per heavy atom. The number of aromatic nitrogens is 2. The number of thiophene rings is 1. The predicted octanol–water partition coefficient (Wildman–Crippen LogP) is 2.70. The zero-order valence-corrected chi connectivity index (χ0v) is 13.2. The maximum Gasteiger partial charge on any atom is 0.147 e. The van der Waals surface area contributed by atoms with Crippen molar-refractivity contribution in [3.05, 3.63) is 17.3 Å². The average Bonchev–Trinajstić information content (AvgIpc) is 2.88. The van der Waals surface area contributed by atoms with Crippen molar-refractivity contribution in [2.45, 2.75) is 44.8 Å². The summed E-state index contributed by atoms with van der Waals surface area (Å²) in [5, 5.41) is 5.48. The summed E-state index contributed by atoms with van der Waals surface area (Å²) in [6.07, 6.45) is 6.33. The van der Waals surface area contributed by atoms with Crippen LogP contribution in [-0.4, -0.2) is 35.3 Å². The fraction of sp³-hybridized carbons (Fsp3) is 0.600. The second-order valence-electron chi connectivity index (χ2n) is 5.65. The van der Waals surface area contributed by atoms with Gasteiger partial charge in [-0.15, -0.1) is 11.3 Å². The number of hydrogen-bond acceptors (Lipinski definition) is 6. The van der Waals surface area contributed by atoms with E-state index in [1.807, 2.05) is 0 Å². The van der Waals surface area contributed by atoms with Crippen LogP contribution in [0.25, 0.3) is 10.2 Å². The molecule has 0 spiro atoms.